The van der Waals surface area contributed by atoms with E-state index in [9.17, 15) is 0 Å². The van der Waals surface area contributed by atoms with Crippen molar-refractivity contribution in [1.82, 2.24) is 19.7 Å². The molecule has 0 aliphatic carbocycles. The van der Waals surface area contributed by atoms with E-state index in [0.29, 0.717) is 5.41 Å². The number of rotatable bonds is 0. The average molecular weight is 300 g/mol. The molecule has 0 bridgehead atoms. The van der Waals surface area contributed by atoms with E-state index in [2.05, 4.69) is 35.8 Å². The van der Waals surface area contributed by atoms with Crippen molar-refractivity contribution >= 4 is 0 Å². The molecule has 0 aromatic heterocycles. The van der Waals surface area contributed by atoms with Gasteiger partial charge in [0.2, 0.25) is 0 Å². The Morgan fingerprint density at radius 3 is 1.62 bits per heavy atom. The Bertz CT molecular complexity index is 262. The number of likely N-dealkylation sites (tertiary alicyclic amines) is 1. The van der Waals surface area contributed by atoms with Crippen LogP contribution in [0.4, 0.5) is 0 Å². The van der Waals surface area contributed by atoms with E-state index in [1.807, 2.05) is 18.9 Å². The summed E-state index contributed by atoms with van der Waals surface area (Å²) >= 11 is 0. The molecule has 0 unspecified atom stereocenters. The third-order valence-corrected chi connectivity index (χ3v) is 4.62. The van der Waals surface area contributed by atoms with E-state index in [0.717, 1.165) is 13.1 Å². The molecule has 3 fully saturated rings. The van der Waals surface area contributed by atoms with Crippen LogP contribution >= 0.6 is 0 Å². The zero-order chi connectivity index (χ0) is 15.9. The van der Waals surface area contributed by atoms with E-state index in [4.69, 9.17) is 5.84 Å². The summed E-state index contributed by atoms with van der Waals surface area (Å²) in [5.41, 5.74) is 0.587. The van der Waals surface area contributed by atoms with Crippen LogP contribution in [-0.4, -0.2) is 93.2 Å². The first-order valence-corrected chi connectivity index (χ1v) is 8.54. The zero-order valence-corrected chi connectivity index (χ0v) is 14.9. The number of nitrogens with two attached hydrogens (primary N) is 1. The predicted octanol–water partition coefficient (Wildman–Crippen LogP) is 0.778. The van der Waals surface area contributed by atoms with Gasteiger partial charge in [0.05, 0.1) is 0 Å². The summed E-state index contributed by atoms with van der Waals surface area (Å²) in [6.45, 7) is 13.7. The quantitative estimate of drug-likeness (QED) is 0.669. The van der Waals surface area contributed by atoms with E-state index in [1.165, 1.54) is 52.1 Å². The molecule has 3 rings (SSSR count). The molecule has 0 amide bonds. The minimum Gasteiger partial charge on any atom is -0.305 e. The van der Waals surface area contributed by atoms with Gasteiger partial charge in [0, 0.05) is 44.7 Å². The van der Waals surface area contributed by atoms with Crippen LogP contribution in [-0.2, 0) is 0 Å². The van der Waals surface area contributed by atoms with Crippen LogP contribution in [0.5, 0.6) is 0 Å². The van der Waals surface area contributed by atoms with Gasteiger partial charge >= 0.3 is 0 Å². The van der Waals surface area contributed by atoms with E-state index in [1.54, 1.807) is 0 Å². The highest BCUT2D eigenvalue weighted by atomic mass is 15.4. The van der Waals surface area contributed by atoms with Crippen molar-refractivity contribution in [2.75, 3.05) is 73.5 Å². The van der Waals surface area contributed by atoms with Gasteiger partial charge in [-0.2, -0.15) is 0 Å². The molecule has 0 aromatic rings. The number of nitrogens with zero attached hydrogens (tertiary/aromatic N) is 4. The Kier molecular flexibility index (Phi) is 8.13. The lowest BCUT2D eigenvalue weighted by atomic mass is 9.80. The molecule has 0 aromatic carbocycles. The van der Waals surface area contributed by atoms with Crippen molar-refractivity contribution in [1.29, 1.82) is 0 Å². The lowest BCUT2D eigenvalue weighted by Gasteiger charge is -2.45. The summed E-state index contributed by atoms with van der Waals surface area (Å²) < 4.78 is 0. The molecule has 3 saturated heterocycles. The van der Waals surface area contributed by atoms with Crippen LogP contribution in [0.2, 0.25) is 0 Å². The number of likely N-dealkylation sites (N-methyl/N-ethyl adjacent to an activating group) is 2. The van der Waals surface area contributed by atoms with Crippen molar-refractivity contribution in [3.63, 3.8) is 0 Å². The Labute approximate surface area is 132 Å². The number of hydrogen-bond donors (Lipinski definition) is 1. The second kappa shape index (κ2) is 9.06. The van der Waals surface area contributed by atoms with Crippen molar-refractivity contribution in [3.05, 3.63) is 0 Å². The summed E-state index contributed by atoms with van der Waals surface area (Å²) in [6.07, 6.45) is 2.63. The number of hydrazine groups is 1. The van der Waals surface area contributed by atoms with E-state index < -0.39 is 0 Å². The van der Waals surface area contributed by atoms with Gasteiger partial charge in [-0.3, -0.25) is 5.84 Å². The zero-order valence-electron chi connectivity index (χ0n) is 14.9. The minimum absolute atomic E-state index is 0.587. The summed E-state index contributed by atoms with van der Waals surface area (Å²) in [4.78, 5) is 7.14. The molecular weight excluding hydrogens is 262 g/mol. The minimum atomic E-state index is 0.587. The van der Waals surface area contributed by atoms with Gasteiger partial charge in [-0.05, 0) is 47.1 Å². The van der Waals surface area contributed by atoms with Gasteiger partial charge in [0.15, 0.2) is 0 Å². The molecule has 126 valence electrons. The molecular formula is C16H37N5. The van der Waals surface area contributed by atoms with Crippen LogP contribution in [0.1, 0.15) is 26.7 Å². The molecule has 1 spiro atoms. The highest BCUT2D eigenvalue weighted by molar-refractivity contribution is 4.98. The van der Waals surface area contributed by atoms with Crippen molar-refractivity contribution in [3.8, 4) is 0 Å². The highest BCUT2D eigenvalue weighted by Crippen LogP contribution is 2.37. The molecule has 21 heavy (non-hydrogen) atoms. The normalized spacial score (nSPS) is 27.1. The molecule has 5 nitrogen and oxygen atoms in total. The SMILES string of the molecule is CC.CN1CC2(CCN(N)C2)C1.CN1CCCN(C)CC1. The van der Waals surface area contributed by atoms with Crippen molar-refractivity contribution < 1.29 is 0 Å². The first-order chi connectivity index (χ1) is 9.99. The number of hydrogen-bond acceptors (Lipinski definition) is 5. The lowest BCUT2D eigenvalue weighted by Crippen LogP contribution is -2.55. The monoisotopic (exact) mass is 299 g/mol. The van der Waals surface area contributed by atoms with Gasteiger partial charge in [-0.1, -0.05) is 13.8 Å². The third kappa shape index (κ3) is 6.20. The summed E-state index contributed by atoms with van der Waals surface area (Å²) in [6, 6.07) is 0. The standard InChI is InChI=1S/C7H15N3.C7H16N2.C2H6/c1-9-4-7(5-9)2-3-10(8)6-7;1-8-4-3-5-9(2)7-6-8;1-2/h2-6,8H2,1H3;3-7H2,1-2H3;1-2H3. The Balaban J connectivity index is 0.000000189. The van der Waals surface area contributed by atoms with Crippen LogP contribution in [0.25, 0.3) is 0 Å². The van der Waals surface area contributed by atoms with Gasteiger partial charge in [-0.25, -0.2) is 5.01 Å². The first-order valence-electron chi connectivity index (χ1n) is 8.54. The van der Waals surface area contributed by atoms with Gasteiger partial charge in [0.1, 0.15) is 0 Å². The molecule has 3 heterocycles. The van der Waals surface area contributed by atoms with Crippen LogP contribution in [0.15, 0.2) is 0 Å². The fraction of sp³-hybridized carbons (Fsp3) is 1.00. The summed E-state index contributed by atoms with van der Waals surface area (Å²) in [7, 11) is 6.56. The maximum absolute atomic E-state index is 5.68. The smallest absolute Gasteiger partial charge is 0.0210 e. The van der Waals surface area contributed by atoms with E-state index in [-0.39, 0.29) is 0 Å². The fourth-order valence-corrected chi connectivity index (χ4v) is 3.50. The molecule has 2 N–H and O–H groups in total. The largest absolute Gasteiger partial charge is 0.305 e. The van der Waals surface area contributed by atoms with E-state index >= 15 is 0 Å². The fourth-order valence-electron chi connectivity index (χ4n) is 3.50. The van der Waals surface area contributed by atoms with Crippen molar-refractivity contribution in [2.24, 2.45) is 11.3 Å². The maximum atomic E-state index is 5.68. The van der Waals surface area contributed by atoms with Gasteiger partial charge in [0.25, 0.3) is 0 Å². The predicted molar refractivity (Wildman–Crippen MR) is 91.3 cm³/mol. The molecule has 3 aliphatic rings. The highest BCUT2D eigenvalue weighted by Gasteiger charge is 2.45. The lowest BCUT2D eigenvalue weighted by molar-refractivity contribution is 0.0308. The molecule has 0 saturated carbocycles. The second-order valence-corrected chi connectivity index (χ2v) is 6.85. The topological polar surface area (TPSA) is 39.0 Å². The molecule has 3 aliphatic heterocycles. The second-order valence-electron chi connectivity index (χ2n) is 6.85. The van der Waals surface area contributed by atoms with Crippen LogP contribution in [0.3, 0.4) is 0 Å². The Morgan fingerprint density at radius 1 is 0.714 bits per heavy atom. The molecule has 0 radical (unpaired) electrons. The van der Waals surface area contributed by atoms with Gasteiger partial charge < -0.3 is 14.7 Å². The third-order valence-electron chi connectivity index (χ3n) is 4.62. The van der Waals surface area contributed by atoms with Crippen LogP contribution in [0, 0.1) is 5.41 Å². The van der Waals surface area contributed by atoms with Crippen molar-refractivity contribution in [2.45, 2.75) is 26.7 Å². The van der Waals surface area contributed by atoms with Crippen LogP contribution < -0.4 is 5.84 Å². The average Bonchev–Trinajstić information content (AvgIpc) is 2.70. The summed E-state index contributed by atoms with van der Waals surface area (Å²) in [5, 5.41) is 1.95. The maximum Gasteiger partial charge on any atom is 0.0210 e. The molecule has 5 heteroatoms. The molecule has 0 atom stereocenters. The van der Waals surface area contributed by atoms with Gasteiger partial charge in [-0.15, -0.1) is 0 Å². The Morgan fingerprint density at radius 2 is 1.24 bits per heavy atom. The summed E-state index contributed by atoms with van der Waals surface area (Å²) in [5.74, 6) is 5.68. The Hall–Kier alpha value is -0.200. The first kappa shape index (κ1) is 18.8.